The maximum absolute atomic E-state index is 12.3. The Bertz CT molecular complexity index is 514. The standard InChI is InChI=1S/C14H21N3O3/c1-10(16(4)13(18)14(2,3)9-15)11-6-5-7-12(8-11)17(19)20/h5-8,10H,9,15H2,1-4H3. The van der Waals surface area contributed by atoms with Gasteiger partial charge in [0.25, 0.3) is 5.69 Å². The molecule has 0 fully saturated rings. The minimum atomic E-state index is -0.649. The molecule has 0 heterocycles. The van der Waals surface area contributed by atoms with Gasteiger partial charge in [-0.25, -0.2) is 0 Å². The lowest BCUT2D eigenvalue weighted by atomic mass is 9.91. The number of nitro benzene ring substituents is 1. The number of hydrogen-bond donors (Lipinski definition) is 1. The summed E-state index contributed by atoms with van der Waals surface area (Å²) in [6, 6.07) is 6.06. The highest BCUT2D eigenvalue weighted by molar-refractivity contribution is 5.82. The van der Waals surface area contributed by atoms with Crippen LogP contribution in [0.1, 0.15) is 32.4 Å². The van der Waals surface area contributed by atoms with Gasteiger partial charge in [0.15, 0.2) is 0 Å². The summed E-state index contributed by atoms with van der Waals surface area (Å²) in [7, 11) is 1.68. The molecule has 6 heteroatoms. The molecule has 0 saturated heterocycles. The molecule has 0 radical (unpaired) electrons. The van der Waals surface area contributed by atoms with Crippen molar-refractivity contribution in [3.05, 3.63) is 39.9 Å². The molecule has 20 heavy (non-hydrogen) atoms. The molecule has 1 rings (SSSR count). The molecular formula is C14H21N3O3. The normalized spacial score (nSPS) is 12.8. The number of amides is 1. The van der Waals surface area contributed by atoms with E-state index in [1.807, 2.05) is 6.92 Å². The van der Waals surface area contributed by atoms with E-state index in [0.29, 0.717) is 0 Å². The fourth-order valence-corrected chi connectivity index (χ4v) is 1.86. The van der Waals surface area contributed by atoms with Gasteiger partial charge in [-0.2, -0.15) is 0 Å². The van der Waals surface area contributed by atoms with Crippen LogP contribution in [0.15, 0.2) is 24.3 Å². The van der Waals surface area contributed by atoms with Crippen LogP contribution in [0.4, 0.5) is 5.69 Å². The molecule has 1 unspecified atom stereocenters. The van der Waals surface area contributed by atoms with Crippen molar-refractivity contribution < 1.29 is 9.72 Å². The van der Waals surface area contributed by atoms with Crippen molar-refractivity contribution in [3.63, 3.8) is 0 Å². The lowest BCUT2D eigenvalue weighted by Crippen LogP contribution is -2.43. The Morgan fingerprint density at radius 1 is 1.50 bits per heavy atom. The van der Waals surface area contributed by atoms with Gasteiger partial charge in [0.1, 0.15) is 0 Å². The molecule has 1 aromatic rings. The van der Waals surface area contributed by atoms with Crippen LogP contribution >= 0.6 is 0 Å². The number of nitrogens with zero attached hydrogens (tertiary/aromatic N) is 2. The summed E-state index contributed by atoms with van der Waals surface area (Å²) >= 11 is 0. The second-order valence-electron chi connectivity index (χ2n) is 5.53. The predicted molar refractivity (Wildman–Crippen MR) is 77.1 cm³/mol. The van der Waals surface area contributed by atoms with E-state index in [2.05, 4.69) is 0 Å². The van der Waals surface area contributed by atoms with E-state index < -0.39 is 10.3 Å². The molecule has 0 aromatic heterocycles. The monoisotopic (exact) mass is 279 g/mol. The van der Waals surface area contributed by atoms with Gasteiger partial charge >= 0.3 is 0 Å². The highest BCUT2D eigenvalue weighted by Crippen LogP contribution is 2.26. The van der Waals surface area contributed by atoms with E-state index in [-0.39, 0.29) is 24.2 Å². The fraction of sp³-hybridized carbons (Fsp3) is 0.500. The zero-order valence-electron chi connectivity index (χ0n) is 12.3. The smallest absolute Gasteiger partial charge is 0.269 e. The van der Waals surface area contributed by atoms with Crippen molar-refractivity contribution in [2.24, 2.45) is 11.1 Å². The molecule has 1 amide bonds. The summed E-state index contributed by atoms with van der Waals surface area (Å²) in [5.41, 5.74) is 5.71. The largest absolute Gasteiger partial charge is 0.338 e. The third-order valence-electron chi connectivity index (χ3n) is 3.55. The number of carbonyl (C=O) groups excluding carboxylic acids is 1. The van der Waals surface area contributed by atoms with Crippen LogP contribution in [0.2, 0.25) is 0 Å². The first-order valence-corrected chi connectivity index (χ1v) is 6.42. The van der Waals surface area contributed by atoms with Crippen LogP contribution in [-0.4, -0.2) is 29.3 Å². The molecule has 0 aliphatic rings. The van der Waals surface area contributed by atoms with E-state index in [4.69, 9.17) is 5.73 Å². The Morgan fingerprint density at radius 2 is 2.10 bits per heavy atom. The van der Waals surface area contributed by atoms with Gasteiger partial charge in [0, 0.05) is 25.7 Å². The van der Waals surface area contributed by atoms with Crippen LogP contribution in [0.5, 0.6) is 0 Å². The van der Waals surface area contributed by atoms with Crippen molar-refractivity contribution >= 4 is 11.6 Å². The molecule has 0 saturated carbocycles. The predicted octanol–water partition coefficient (Wildman–Crippen LogP) is 2.10. The van der Waals surface area contributed by atoms with Crippen molar-refractivity contribution in [1.82, 2.24) is 4.90 Å². The number of benzene rings is 1. The van der Waals surface area contributed by atoms with Gasteiger partial charge in [0.05, 0.1) is 16.4 Å². The zero-order valence-corrected chi connectivity index (χ0v) is 12.3. The minimum absolute atomic E-state index is 0.0216. The molecule has 1 atom stereocenters. The molecule has 2 N–H and O–H groups in total. The summed E-state index contributed by atoms with van der Waals surface area (Å²) in [4.78, 5) is 24.3. The first kappa shape index (κ1) is 16.1. The van der Waals surface area contributed by atoms with Gasteiger partial charge in [-0.1, -0.05) is 12.1 Å². The first-order valence-electron chi connectivity index (χ1n) is 6.42. The number of carbonyl (C=O) groups is 1. The van der Waals surface area contributed by atoms with Crippen molar-refractivity contribution in [1.29, 1.82) is 0 Å². The summed E-state index contributed by atoms with van der Waals surface area (Å²) in [6.07, 6.45) is 0. The first-order chi connectivity index (χ1) is 9.20. The molecule has 0 aliphatic heterocycles. The number of nitrogens with two attached hydrogens (primary N) is 1. The lowest BCUT2D eigenvalue weighted by Gasteiger charge is -2.32. The van der Waals surface area contributed by atoms with Crippen LogP contribution in [0, 0.1) is 15.5 Å². The van der Waals surface area contributed by atoms with Gasteiger partial charge in [-0.15, -0.1) is 0 Å². The molecule has 1 aromatic carbocycles. The minimum Gasteiger partial charge on any atom is -0.338 e. The average Bonchev–Trinajstić information content (AvgIpc) is 2.44. The maximum Gasteiger partial charge on any atom is 0.269 e. The lowest BCUT2D eigenvalue weighted by molar-refractivity contribution is -0.384. The molecule has 110 valence electrons. The van der Waals surface area contributed by atoms with E-state index in [9.17, 15) is 14.9 Å². The summed E-state index contributed by atoms with van der Waals surface area (Å²) in [5, 5.41) is 10.8. The molecule has 6 nitrogen and oxygen atoms in total. The van der Waals surface area contributed by atoms with E-state index in [0.717, 1.165) is 5.56 Å². The highest BCUT2D eigenvalue weighted by atomic mass is 16.6. The summed E-state index contributed by atoms with van der Waals surface area (Å²) in [6.45, 7) is 5.65. The third kappa shape index (κ3) is 3.33. The zero-order chi connectivity index (χ0) is 15.5. The number of non-ortho nitro benzene ring substituents is 1. The number of hydrogen-bond acceptors (Lipinski definition) is 4. The van der Waals surface area contributed by atoms with Gasteiger partial charge in [0.2, 0.25) is 5.91 Å². The number of nitro groups is 1. The van der Waals surface area contributed by atoms with Crippen LogP contribution in [0.25, 0.3) is 0 Å². The second kappa shape index (κ2) is 6.00. The second-order valence-corrected chi connectivity index (χ2v) is 5.53. The van der Waals surface area contributed by atoms with Crippen molar-refractivity contribution in [3.8, 4) is 0 Å². The Balaban J connectivity index is 3.00. The molecule has 0 aliphatic carbocycles. The summed E-state index contributed by atoms with van der Waals surface area (Å²) < 4.78 is 0. The topological polar surface area (TPSA) is 89.5 Å². The fourth-order valence-electron chi connectivity index (χ4n) is 1.86. The SMILES string of the molecule is CC(c1cccc([N+](=O)[O-])c1)N(C)C(=O)C(C)(C)CN. The Hall–Kier alpha value is -1.95. The molecular weight excluding hydrogens is 258 g/mol. The van der Waals surface area contributed by atoms with Crippen molar-refractivity contribution in [2.75, 3.05) is 13.6 Å². The Kier molecular flexibility index (Phi) is 4.83. The van der Waals surface area contributed by atoms with Gasteiger partial charge < -0.3 is 10.6 Å². The summed E-state index contributed by atoms with van der Waals surface area (Å²) in [5.74, 6) is -0.0843. The highest BCUT2D eigenvalue weighted by Gasteiger charge is 2.31. The van der Waals surface area contributed by atoms with E-state index in [1.165, 1.54) is 12.1 Å². The van der Waals surface area contributed by atoms with Crippen molar-refractivity contribution in [2.45, 2.75) is 26.8 Å². The third-order valence-corrected chi connectivity index (χ3v) is 3.55. The van der Waals surface area contributed by atoms with E-state index >= 15 is 0 Å². The Morgan fingerprint density at radius 3 is 2.60 bits per heavy atom. The molecule has 0 bridgehead atoms. The van der Waals surface area contributed by atoms with Gasteiger partial charge in [-0.05, 0) is 26.3 Å². The van der Waals surface area contributed by atoms with Crippen LogP contribution < -0.4 is 5.73 Å². The van der Waals surface area contributed by atoms with Gasteiger partial charge in [-0.3, -0.25) is 14.9 Å². The number of rotatable bonds is 5. The quantitative estimate of drug-likeness (QED) is 0.660. The maximum atomic E-state index is 12.3. The van der Waals surface area contributed by atoms with Crippen LogP contribution in [0.3, 0.4) is 0 Å². The Labute approximate surface area is 118 Å². The van der Waals surface area contributed by atoms with Crippen LogP contribution in [-0.2, 0) is 4.79 Å². The molecule has 0 spiro atoms. The average molecular weight is 279 g/mol. The van der Waals surface area contributed by atoms with E-state index in [1.54, 1.807) is 37.9 Å².